The Morgan fingerprint density at radius 1 is 1.26 bits per heavy atom. The van der Waals surface area contributed by atoms with Crippen LogP contribution in [0.5, 0.6) is 5.75 Å². The first-order valence-electron chi connectivity index (χ1n) is 8.09. The standard InChI is InChI=1S/C19H20FNO5S/c1-4-11-21(15-8-6-7-14(12-15)19(22)26-5-2)27(23,24)16-9-10-18(25-3)17(20)13-16/h4,6-10,12-13H,1,5,11H2,2-3H3. The van der Waals surface area contributed by atoms with E-state index in [9.17, 15) is 17.6 Å². The molecule has 0 radical (unpaired) electrons. The third kappa shape index (κ3) is 4.46. The summed E-state index contributed by atoms with van der Waals surface area (Å²) in [5.41, 5.74) is 0.441. The molecule has 0 aliphatic carbocycles. The number of carbonyl (C=O) groups excluding carboxylic acids is 1. The number of benzene rings is 2. The molecular weight excluding hydrogens is 373 g/mol. The van der Waals surface area contributed by atoms with Crippen LogP contribution in [-0.2, 0) is 14.8 Å². The van der Waals surface area contributed by atoms with Crippen LogP contribution < -0.4 is 9.04 Å². The van der Waals surface area contributed by atoms with Crippen LogP contribution in [0.2, 0.25) is 0 Å². The lowest BCUT2D eigenvalue weighted by atomic mass is 10.2. The van der Waals surface area contributed by atoms with Crippen molar-refractivity contribution in [1.82, 2.24) is 0 Å². The lowest BCUT2D eigenvalue weighted by Crippen LogP contribution is -2.31. The molecule has 27 heavy (non-hydrogen) atoms. The average molecular weight is 393 g/mol. The molecule has 0 amide bonds. The number of ether oxygens (including phenoxy) is 2. The highest BCUT2D eigenvalue weighted by molar-refractivity contribution is 7.92. The number of hydrogen-bond donors (Lipinski definition) is 0. The molecule has 0 spiro atoms. The van der Waals surface area contributed by atoms with E-state index in [1.165, 1.54) is 43.5 Å². The van der Waals surface area contributed by atoms with E-state index in [-0.39, 0.29) is 35.0 Å². The summed E-state index contributed by atoms with van der Waals surface area (Å²) in [4.78, 5) is 11.7. The Morgan fingerprint density at radius 2 is 2.00 bits per heavy atom. The van der Waals surface area contributed by atoms with Crippen LogP contribution in [0.15, 0.2) is 60.0 Å². The topological polar surface area (TPSA) is 72.9 Å². The van der Waals surface area contributed by atoms with Crippen LogP contribution in [0.4, 0.5) is 10.1 Å². The Bertz CT molecular complexity index is 943. The number of carbonyl (C=O) groups is 1. The van der Waals surface area contributed by atoms with Gasteiger partial charge in [-0.3, -0.25) is 4.31 Å². The maximum absolute atomic E-state index is 14.0. The predicted octanol–water partition coefficient (Wildman–Crippen LogP) is 3.39. The minimum atomic E-state index is -4.10. The van der Waals surface area contributed by atoms with Crippen molar-refractivity contribution in [3.63, 3.8) is 0 Å². The zero-order valence-corrected chi connectivity index (χ0v) is 15.8. The van der Waals surface area contributed by atoms with Crippen molar-refractivity contribution in [3.05, 3.63) is 66.5 Å². The van der Waals surface area contributed by atoms with Gasteiger partial charge in [-0.15, -0.1) is 6.58 Å². The maximum atomic E-state index is 14.0. The molecule has 0 aromatic heterocycles. The smallest absolute Gasteiger partial charge is 0.338 e. The Labute approximate surface area is 157 Å². The Morgan fingerprint density at radius 3 is 2.59 bits per heavy atom. The number of sulfonamides is 1. The van der Waals surface area contributed by atoms with Gasteiger partial charge in [-0.05, 0) is 43.3 Å². The monoisotopic (exact) mass is 393 g/mol. The summed E-state index contributed by atoms with van der Waals surface area (Å²) in [6.45, 7) is 5.38. The summed E-state index contributed by atoms with van der Waals surface area (Å²) >= 11 is 0. The van der Waals surface area contributed by atoms with Gasteiger partial charge in [0.1, 0.15) is 0 Å². The predicted molar refractivity (Wildman–Crippen MR) is 100 cm³/mol. The first kappa shape index (κ1) is 20.4. The van der Waals surface area contributed by atoms with Crippen molar-refractivity contribution in [2.75, 3.05) is 24.6 Å². The quantitative estimate of drug-likeness (QED) is 0.508. The zero-order valence-electron chi connectivity index (χ0n) is 15.0. The van der Waals surface area contributed by atoms with Gasteiger partial charge in [0.25, 0.3) is 10.0 Å². The molecule has 8 heteroatoms. The average Bonchev–Trinajstić information content (AvgIpc) is 2.66. The van der Waals surface area contributed by atoms with E-state index in [0.29, 0.717) is 0 Å². The number of hydrogen-bond acceptors (Lipinski definition) is 5. The van der Waals surface area contributed by atoms with Crippen LogP contribution in [0.1, 0.15) is 17.3 Å². The third-order valence-corrected chi connectivity index (χ3v) is 5.44. The molecule has 2 aromatic carbocycles. The van der Waals surface area contributed by atoms with Gasteiger partial charge in [0.05, 0.1) is 36.4 Å². The fourth-order valence-corrected chi connectivity index (χ4v) is 3.84. The van der Waals surface area contributed by atoms with E-state index in [4.69, 9.17) is 9.47 Å². The number of anilines is 1. The van der Waals surface area contributed by atoms with Gasteiger partial charge in [-0.2, -0.15) is 0 Å². The highest BCUT2D eigenvalue weighted by Crippen LogP contribution is 2.27. The second-order valence-corrected chi connectivity index (χ2v) is 7.25. The van der Waals surface area contributed by atoms with Crippen LogP contribution in [0.25, 0.3) is 0 Å². The van der Waals surface area contributed by atoms with Crippen molar-refractivity contribution in [2.24, 2.45) is 0 Å². The van der Waals surface area contributed by atoms with E-state index in [2.05, 4.69) is 6.58 Å². The SMILES string of the molecule is C=CCN(c1cccc(C(=O)OCC)c1)S(=O)(=O)c1ccc(OC)c(F)c1. The van der Waals surface area contributed by atoms with Crippen LogP contribution >= 0.6 is 0 Å². The Hall–Kier alpha value is -2.87. The second kappa shape index (κ2) is 8.68. The lowest BCUT2D eigenvalue weighted by molar-refractivity contribution is 0.0526. The normalized spacial score (nSPS) is 10.9. The van der Waals surface area contributed by atoms with Gasteiger partial charge in [0.15, 0.2) is 11.6 Å². The Kier molecular flexibility index (Phi) is 6.57. The number of halogens is 1. The molecule has 0 heterocycles. The molecule has 0 N–H and O–H groups in total. The molecule has 0 aliphatic rings. The summed E-state index contributed by atoms with van der Waals surface area (Å²) in [6, 6.07) is 9.38. The van der Waals surface area contributed by atoms with E-state index in [1.54, 1.807) is 13.0 Å². The third-order valence-electron chi connectivity index (χ3n) is 3.65. The Balaban J connectivity index is 2.50. The fourth-order valence-electron chi connectivity index (χ4n) is 2.40. The van der Waals surface area contributed by atoms with Crippen molar-refractivity contribution < 1.29 is 27.1 Å². The largest absolute Gasteiger partial charge is 0.494 e. The summed E-state index contributed by atoms with van der Waals surface area (Å²) in [5.74, 6) is -1.42. The van der Waals surface area contributed by atoms with E-state index < -0.39 is 21.8 Å². The fraction of sp³-hybridized carbons (Fsp3) is 0.211. The van der Waals surface area contributed by atoms with Gasteiger partial charge in [-0.1, -0.05) is 12.1 Å². The summed E-state index contributed by atoms with van der Waals surface area (Å²) in [5, 5.41) is 0. The van der Waals surface area contributed by atoms with Gasteiger partial charge >= 0.3 is 5.97 Å². The molecule has 0 bridgehead atoms. The minimum Gasteiger partial charge on any atom is -0.494 e. The molecule has 2 rings (SSSR count). The van der Waals surface area contributed by atoms with E-state index in [0.717, 1.165) is 10.4 Å². The molecule has 0 aliphatic heterocycles. The van der Waals surface area contributed by atoms with Gasteiger partial charge in [0, 0.05) is 0 Å². The van der Waals surface area contributed by atoms with Gasteiger partial charge in [0.2, 0.25) is 0 Å². The van der Waals surface area contributed by atoms with Crippen molar-refractivity contribution >= 4 is 21.7 Å². The molecular formula is C19H20FNO5S. The lowest BCUT2D eigenvalue weighted by Gasteiger charge is -2.23. The summed E-state index contributed by atoms with van der Waals surface area (Å²) in [6.07, 6.45) is 1.40. The van der Waals surface area contributed by atoms with E-state index >= 15 is 0 Å². The molecule has 2 aromatic rings. The molecule has 0 saturated heterocycles. The second-order valence-electron chi connectivity index (χ2n) is 5.39. The molecule has 0 atom stereocenters. The number of rotatable bonds is 8. The van der Waals surface area contributed by atoms with Crippen molar-refractivity contribution in [2.45, 2.75) is 11.8 Å². The van der Waals surface area contributed by atoms with Crippen molar-refractivity contribution in [3.8, 4) is 5.75 Å². The minimum absolute atomic E-state index is 0.0615. The number of esters is 1. The first-order chi connectivity index (χ1) is 12.8. The summed E-state index contributed by atoms with van der Waals surface area (Å²) in [7, 11) is -2.81. The number of nitrogens with zero attached hydrogens (tertiary/aromatic N) is 1. The van der Waals surface area contributed by atoms with Gasteiger partial charge in [-0.25, -0.2) is 17.6 Å². The number of methoxy groups -OCH3 is 1. The highest BCUT2D eigenvalue weighted by atomic mass is 32.2. The molecule has 0 saturated carbocycles. The molecule has 0 unspecified atom stereocenters. The summed E-state index contributed by atoms with van der Waals surface area (Å²) < 4.78 is 50.9. The first-order valence-corrected chi connectivity index (χ1v) is 9.53. The van der Waals surface area contributed by atoms with Crippen LogP contribution in [0.3, 0.4) is 0 Å². The highest BCUT2D eigenvalue weighted by Gasteiger charge is 2.26. The zero-order chi connectivity index (χ0) is 20.0. The maximum Gasteiger partial charge on any atom is 0.338 e. The molecule has 144 valence electrons. The van der Waals surface area contributed by atoms with Crippen LogP contribution in [-0.4, -0.2) is 34.6 Å². The van der Waals surface area contributed by atoms with Crippen molar-refractivity contribution in [1.29, 1.82) is 0 Å². The molecule has 0 fully saturated rings. The molecule has 6 nitrogen and oxygen atoms in total. The van der Waals surface area contributed by atoms with Crippen LogP contribution in [0, 0.1) is 5.82 Å². The van der Waals surface area contributed by atoms with Gasteiger partial charge < -0.3 is 9.47 Å². The van der Waals surface area contributed by atoms with E-state index in [1.807, 2.05) is 0 Å².